The Labute approximate surface area is 80.2 Å². The number of ether oxygens (including phenoxy) is 1. The van der Waals surface area contributed by atoms with Gasteiger partial charge in [0.1, 0.15) is 0 Å². The maximum atomic E-state index is 10.2. The second-order valence-electron chi connectivity index (χ2n) is 2.85. The molecule has 0 fully saturated rings. The zero-order valence-corrected chi connectivity index (χ0v) is 8.30. The molecule has 0 unspecified atom stereocenters. The van der Waals surface area contributed by atoms with Gasteiger partial charge in [-0.2, -0.15) is 0 Å². The number of aliphatic carboxylic acids is 1. The Kier molecular flexibility index (Phi) is 3.25. The highest BCUT2D eigenvalue weighted by molar-refractivity contribution is 7.13. The first-order valence-electron chi connectivity index (χ1n) is 3.90. The van der Waals surface area contributed by atoms with E-state index in [1.165, 1.54) is 11.3 Å². The van der Waals surface area contributed by atoms with Crippen molar-refractivity contribution in [2.75, 3.05) is 6.61 Å². The Bertz CT molecular complexity index is 295. The number of hydrogen-bond donors (Lipinski definition) is 1. The average molecular weight is 201 g/mol. The summed E-state index contributed by atoms with van der Waals surface area (Å²) < 4.78 is 4.95. The summed E-state index contributed by atoms with van der Waals surface area (Å²) in [5, 5.41) is 9.87. The molecule has 1 aromatic heterocycles. The minimum atomic E-state index is -0.973. The van der Waals surface area contributed by atoms with Gasteiger partial charge in [0, 0.05) is 5.92 Å². The summed E-state index contributed by atoms with van der Waals surface area (Å²) in [6, 6.07) is 0. The van der Waals surface area contributed by atoms with Crippen molar-refractivity contribution in [3.63, 3.8) is 0 Å². The van der Waals surface area contributed by atoms with E-state index in [9.17, 15) is 4.79 Å². The molecule has 0 saturated carbocycles. The van der Waals surface area contributed by atoms with Gasteiger partial charge in [-0.05, 0) is 0 Å². The summed E-state index contributed by atoms with van der Waals surface area (Å²) in [6.45, 7) is 3.75. The van der Waals surface area contributed by atoms with Gasteiger partial charge in [0.25, 0.3) is 0 Å². The van der Waals surface area contributed by atoms with Crippen molar-refractivity contribution in [2.45, 2.75) is 19.8 Å². The molecule has 0 radical (unpaired) electrons. The van der Waals surface area contributed by atoms with Crippen molar-refractivity contribution in [3.8, 4) is 5.06 Å². The summed E-state index contributed by atoms with van der Waals surface area (Å²) in [5.41, 5.74) is 0. The van der Waals surface area contributed by atoms with Crippen LogP contribution in [0.5, 0.6) is 5.06 Å². The molecule has 0 aliphatic heterocycles. The number of aromatic nitrogens is 1. The molecule has 4 nitrogen and oxygen atoms in total. The van der Waals surface area contributed by atoms with Crippen LogP contribution in [-0.2, 0) is 4.79 Å². The summed E-state index contributed by atoms with van der Waals surface area (Å²) in [5.74, 6) is -0.619. The van der Waals surface area contributed by atoms with Crippen molar-refractivity contribution in [3.05, 3.63) is 11.2 Å². The predicted octanol–water partition coefficient (Wildman–Crippen LogP) is 1.73. The SMILES string of the molecule is CC(C)c1ncc(OCC(=O)O)s1. The molecule has 0 atom stereocenters. The van der Waals surface area contributed by atoms with Crippen LogP contribution >= 0.6 is 11.3 Å². The second-order valence-corrected chi connectivity index (χ2v) is 3.88. The molecule has 1 N–H and O–H groups in total. The van der Waals surface area contributed by atoms with Gasteiger partial charge in [-0.15, -0.1) is 0 Å². The summed E-state index contributed by atoms with van der Waals surface area (Å²) in [6.07, 6.45) is 1.56. The van der Waals surface area contributed by atoms with Crippen molar-refractivity contribution in [1.29, 1.82) is 0 Å². The zero-order chi connectivity index (χ0) is 9.84. The highest BCUT2D eigenvalue weighted by atomic mass is 32.1. The van der Waals surface area contributed by atoms with Gasteiger partial charge in [-0.25, -0.2) is 9.78 Å². The van der Waals surface area contributed by atoms with Crippen LogP contribution in [-0.4, -0.2) is 22.7 Å². The Balaban J connectivity index is 2.54. The van der Waals surface area contributed by atoms with E-state index >= 15 is 0 Å². The van der Waals surface area contributed by atoms with Gasteiger partial charge >= 0.3 is 5.97 Å². The molecule has 0 aliphatic rings. The maximum Gasteiger partial charge on any atom is 0.341 e. The molecular weight excluding hydrogens is 190 g/mol. The van der Waals surface area contributed by atoms with Crippen LogP contribution < -0.4 is 4.74 Å². The molecule has 0 spiro atoms. The van der Waals surface area contributed by atoms with E-state index in [0.29, 0.717) is 11.0 Å². The van der Waals surface area contributed by atoms with E-state index in [-0.39, 0.29) is 6.61 Å². The van der Waals surface area contributed by atoms with Gasteiger partial charge in [0.05, 0.1) is 11.2 Å². The molecule has 0 bridgehead atoms. The quantitative estimate of drug-likeness (QED) is 0.805. The van der Waals surface area contributed by atoms with Crippen molar-refractivity contribution < 1.29 is 14.6 Å². The summed E-state index contributed by atoms with van der Waals surface area (Å²) >= 11 is 1.39. The van der Waals surface area contributed by atoms with Gasteiger partial charge in [0.15, 0.2) is 11.7 Å². The molecule has 13 heavy (non-hydrogen) atoms. The first-order chi connectivity index (χ1) is 6.09. The third-order valence-corrected chi connectivity index (χ3v) is 2.54. The van der Waals surface area contributed by atoms with Crippen molar-refractivity contribution >= 4 is 17.3 Å². The second kappa shape index (κ2) is 4.23. The molecule has 1 heterocycles. The lowest BCUT2D eigenvalue weighted by Crippen LogP contribution is -2.08. The van der Waals surface area contributed by atoms with Crippen LogP contribution in [0.15, 0.2) is 6.20 Å². The molecule has 1 aromatic rings. The van der Waals surface area contributed by atoms with Crippen molar-refractivity contribution in [1.82, 2.24) is 4.98 Å². The largest absolute Gasteiger partial charge is 0.479 e. The van der Waals surface area contributed by atoms with Crippen LogP contribution in [0, 0.1) is 0 Å². The molecule has 0 amide bonds. The highest BCUT2D eigenvalue weighted by Crippen LogP contribution is 2.26. The van der Waals surface area contributed by atoms with Crippen LogP contribution in [0.2, 0.25) is 0 Å². The van der Waals surface area contributed by atoms with Crippen molar-refractivity contribution in [2.24, 2.45) is 0 Å². The number of carbonyl (C=O) groups is 1. The number of rotatable bonds is 4. The van der Waals surface area contributed by atoms with E-state index in [1.54, 1.807) is 6.20 Å². The molecule has 72 valence electrons. The Hall–Kier alpha value is -1.10. The number of thiazole rings is 1. The lowest BCUT2D eigenvalue weighted by molar-refractivity contribution is -0.139. The normalized spacial score (nSPS) is 10.4. The number of carboxylic acids is 1. The molecular formula is C8H11NO3S. The lowest BCUT2D eigenvalue weighted by Gasteiger charge is -1.97. The first kappa shape index (κ1) is 9.98. The Morgan fingerprint density at radius 1 is 1.77 bits per heavy atom. The van der Waals surface area contributed by atoms with E-state index < -0.39 is 5.97 Å². The van der Waals surface area contributed by atoms with E-state index in [2.05, 4.69) is 4.98 Å². The smallest absolute Gasteiger partial charge is 0.341 e. The zero-order valence-electron chi connectivity index (χ0n) is 7.48. The van der Waals surface area contributed by atoms with Gasteiger partial charge in [-0.1, -0.05) is 25.2 Å². The topological polar surface area (TPSA) is 59.4 Å². The van der Waals surface area contributed by atoms with E-state index in [0.717, 1.165) is 5.01 Å². The third-order valence-electron chi connectivity index (χ3n) is 1.33. The summed E-state index contributed by atoms with van der Waals surface area (Å²) in [4.78, 5) is 14.3. The fourth-order valence-electron chi connectivity index (χ4n) is 0.739. The predicted molar refractivity (Wildman–Crippen MR) is 49.3 cm³/mol. The fraction of sp³-hybridized carbons (Fsp3) is 0.500. The summed E-state index contributed by atoms with van der Waals surface area (Å²) in [7, 11) is 0. The number of carboxylic acid groups (broad SMARTS) is 1. The Morgan fingerprint density at radius 2 is 2.46 bits per heavy atom. The average Bonchev–Trinajstić information content (AvgIpc) is 2.48. The van der Waals surface area contributed by atoms with Gasteiger partial charge in [-0.3, -0.25) is 0 Å². The third kappa shape index (κ3) is 3.02. The first-order valence-corrected chi connectivity index (χ1v) is 4.71. The monoisotopic (exact) mass is 201 g/mol. The minimum Gasteiger partial charge on any atom is -0.479 e. The number of hydrogen-bond acceptors (Lipinski definition) is 4. The molecule has 0 saturated heterocycles. The fourth-order valence-corrected chi connectivity index (χ4v) is 1.51. The standard InChI is InChI=1S/C8H11NO3S/c1-5(2)8-9-3-7(13-8)12-4-6(10)11/h3,5H,4H2,1-2H3,(H,10,11). The van der Waals surface area contributed by atoms with E-state index in [1.807, 2.05) is 13.8 Å². The Morgan fingerprint density at radius 3 is 2.92 bits per heavy atom. The lowest BCUT2D eigenvalue weighted by atomic mass is 10.2. The van der Waals surface area contributed by atoms with Crippen LogP contribution in [0.25, 0.3) is 0 Å². The maximum absolute atomic E-state index is 10.2. The van der Waals surface area contributed by atoms with Gasteiger partial charge in [0.2, 0.25) is 0 Å². The molecule has 5 heteroatoms. The minimum absolute atomic E-state index is 0.306. The molecule has 0 aromatic carbocycles. The van der Waals surface area contributed by atoms with Crippen LogP contribution in [0.1, 0.15) is 24.8 Å². The highest BCUT2D eigenvalue weighted by Gasteiger charge is 2.07. The van der Waals surface area contributed by atoms with Crippen LogP contribution in [0.4, 0.5) is 0 Å². The van der Waals surface area contributed by atoms with E-state index in [4.69, 9.17) is 9.84 Å². The van der Waals surface area contributed by atoms with Crippen LogP contribution in [0.3, 0.4) is 0 Å². The molecule has 0 aliphatic carbocycles. The van der Waals surface area contributed by atoms with Gasteiger partial charge < -0.3 is 9.84 Å². The number of nitrogens with zero attached hydrogens (tertiary/aromatic N) is 1. The molecule has 1 rings (SSSR count).